The summed E-state index contributed by atoms with van der Waals surface area (Å²) in [6, 6.07) is 10.7. The van der Waals surface area contributed by atoms with Crippen molar-refractivity contribution in [1.82, 2.24) is 5.43 Å². The van der Waals surface area contributed by atoms with Crippen molar-refractivity contribution in [3.8, 4) is 11.5 Å². The molecular formula is C15H14N4O3S. The maximum atomic E-state index is 12.1. The fourth-order valence-corrected chi connectivity index (χ4v) is 1.81. The van der Waals surface area contributed by atoms with Crippen molar-refractivity contribution in [1.29, 1.82) is 0 Å². The molecule has 23 heavy (non-hydrogen) atoms. The van der Waals surface area contributed by atoms with Gasteiger partial charge in [-0.25, -0.2) is 0 Å². The smallest absolute Gasteiger partial charge is 0.259 e. The highest BCUT2D eigenvalue weighted by Crippen LogP contribution is 2.22. The number of nitrogens with zero attached hydrogens (tertiary/aromatic N) is 1. The van der Waals surface area contributed by atoms with Gasteiger partial charge in [-0.1, -0.05) is 12.1 Å². The molecule has 0 unspecified atom stereocenters. The molecule has 0 spiro atoms. The number of aromatic hydroxyl groups is 2. The van der Waals surface area contributed by atoms with E-state index in [0.29, 0.717) is 11.3 Å². The third-order valence-corrected chi connectivity index (χ3v) is 2.91. The molecule has 2 aromatic rings. The highest BCUT2D eigenvalue weighted by molar-refractivity contribution is 7.80. The van der Waals surface area contributed by atoms with Gasteiger partial charge in [0.1, 0.15) is 11.5 Å². The van der Waals surface area contributed by atoms with Crippen LogP contribution in [0, 0.1) is 0 Å². The maximum absolute atomic E-state index is 12.1. The summed E-state index contributed by atoms with van der Waals surface area (Å²) in [6.07, 6.45) is 1.34. The molecule has 1 amide bonds. The molecule has 0 aliphatic carbocycles. The third-order valence-electron chi connectivity index (χ3n) is 2.82. The molecule has 0 fully saturated rings. The minimum absolute atomic E-state index is 0.00675. The zero-order valence-corrected chi connectivity index (χ0v) is 12.7. The molecule has 0 radical (unpaired) electrons. The molecule has 2 aromatic carbocycles. The summed E-state index contributed by atoms with van der Waals surface area (Å²) in [5.74, 6) is -0.700. The van der Waals surface area contributed by atoms with E-state index in [1.807, 2.05) is 0 Å². The number of benzene rings is 2. The predicted molar refractivity (Wildman–Crippen MR) is 91.7 cm³/mol. The van der Waals surface area contributed by atoms with E-state index in [2.05, 4.69) is 28.1 Å². The summed E-state index contributed by atoms with van der Waals surface area (Å²) < 4.78 is 0. The summed E-state index contributed by atoms with van der Waals surface area (Å²) in [4.78, 5) is 12.1. The highest BCUT2D eigenvalue weighted by Gasteiger charge is 2.11. The highest BCUT2D eigenvalue weighted by atomic mass is 32.1. The Morgan fingerprint density at radius 3 is 2.57 bits per heavy atom. The van der Waals surface area contributed by atoms with Crippen LogP contribution in [0.3, 0.4) is 0 Å². The standard InChI is InChI=1S/C15H14N4O3S/c16-15(23)19-17-8-9-5-6-10(7-13(9)21)18-14(22)11-3-1-2-4-12(11)20/h1-8,20-21H,(H,18,22)(H3,16,19,23). The summed E-state index contributed by atoms with van der Waals surface area (Å²) in [5, 5.41) is 25.9. The first-order chi connectivity index (χ1) is 11.0. The number of rotatable bonds is 4. The van der Waals surface area contributed by atoms with Gasteiger partial charge in [0.2, 0.25) is 0 Å². The van der Waals surface area contributed by atoms with Crippen LogP contribution in [0.25, 0.3) is 0 Å². The SMILES string of the molecule is NC(=S)NN=Cc1ccc(NC(=O)c2ccccc2O)cc1O. The minimum Gasteiger partial charge on any atom is -0.507 e. The molecule has 8 heteroatoms. The van der Waals surface area contributed by atoms with Crippen molar-refractivity contribution >= 4 is 35.1 Å². The lowest BCUT2D eigenvalue weighted by Gasteiger charge is -2.08. The number of hydrogen-bond acceptors (Lipinski definition) is 5. The molecular weight excluding hydrogens is 316 g/mol. The molecule has 7 nitrogen and oxygen atoms in total. The van der Waals surface area contributed by atoms with E-state index in [1.54, 1.807) is 24.3 Å². The van der Waals surface area contributed by atoms with Gasteiger partial charge in [-0.2, -0.15) is 5.10 Å². The number of thiocarbonyl (C=S) groups is 1. The Morgan fingerprint density at radius 2 is 1.91 bits per heavy atom. The Hall–Kier alpha value is -3.13. The van der Waals surface area contributed by atoms with Crippen LogP contribution in [-0.2, 0) is 0 Å². The molecule has 2 rings (SSSR count). The van der Waals surface area contributed by atoms with Crippen LogP contribution in [0.5, 0.6) is 11.5 Å². The third kappa shape index (κ3) is 4.42. The summed E-state index contributed by atoms with van der Waals surface area (Å²) >= 11 is 4.59. The van der Waals surface area contributed by atoms with Gasteiger partial charge in [-0.3, -0.25) is 10.2 Å². The van der Waals surface area contributed by atoms with E-state index in [-0.39, 0.29) is 22.2 Å². The number of nitrogens with one attached hydrogen (secondary N) is 2. The van der Waals surface area contributed by atoms with Crippen molar-refractivity contribution < 1.29 is 15.0 Å². The number of nitrogens with two attached hydrogens (primary N) is 1. The van der Waals surface area contributed by atoms with E-state index < -0.39 is 5.91 Å². The van der Waals surface area contributed by atoms with Crippen LogP contribution < -0.4 is 16.5 Å². The van der Waals surface area contributed by atoms with E-state index in [9.17, 15) is 15.0 Å². The van der Waals surface area contributed by atoms with Crippen molar-refractivity contribution in [3.63, 3.8) is 0 Å². The number of amides is 1. The number of para-hydroxylation sites is 1. The van der Waals surface area contributed by atoms with Gasteiger partial charge in [0, 0.05) is 17.3 Å². The van der Waals surface area contributed by atoms with Gasteiger partial charge < -0.3 is 21.3 Å². The van der Waals surface area contributed by atoms with Crippen molar-refractivity contribution in [2.45, 2.75) is 0 Å². The Bertz CT molecular complexity index is 777. The van der Waals surface area contributed by atoms with E-state index in [4.69, 9.17) is 5.73 Å². The Labute approximate surface area is 137 Å². The lowest BCUT2D eigenvalue weighted by Crippen LogP contribution is -2.24. The van der Waals surface area contributed by atoms with Crippen LogP contribution in [-0.4, -0.2) is 27.4 Å². The Balaban J connectivity index is 2.11. The summed E-state index contributed by atoms with van der Waals surface area (Å²) in [6.45, 7) is 0. The molecule has 0 atom stereocenters. The maximum Gasteiger partial charge on any atom is 0.259 e. The average molecular weight is 330 g/mol. The van der Waals surface area contributed by atoms with Crippen LogP contribution >= 0.6 is 12.2 Å². The van der Waals surface area contributed by atoms with Crippen molar-refractivity contribution in [2.24, 2.45) is 10.8 Å². The average Bonchev–Trinajstić information content (AvgIpc) is 2.49. The Kier molecular flexibility index (Phi) is 5.11. The molecule has 0 bridgehead atoms. The van der Waals surface area contributed by atoms with Gasteiger partial charge in [0.05, 0.1) is 11.8 Å². The fourth-order valence-electron chi connectivity index (χ4n) is 1.76. The van der Waals surface area contributed by atoms with E-state index in [0.717, 1.165) is 0 Å². The first-order valence-electron chi connectivity index (χ1n) is 6.48. The van der Waals surface area contributed by atoms with Gasteiger partial charge in [-0.05, 0) is 36.5 Å². The quantitative estimate of drug-likeness (QED) is 0.329. The van der Waals surface area contributed by atoms with Crippen LogP contribution in [0.2, 0.25) is 0 Å². The monoisotopic (exact) mass is 330 g/mol. The van der Waals surface area contributed by atoms with Gasteiger partial charge >= 0.3 is 0 Å². The van der Waals surface area contributed by atoms with E-state index in [1.165, 1.54) is 24.4 Å². The zero-order valence-electron chi connectivity index (χ0n) is 11.9. The number of phenolic OH excluding ortho intramolecular Hbond substituents is 2. The molecule has 0 heterocycles. The molecule has 0 aliphatic rings. The largest absolute Gasteiger partial charge is 0.507 e. The number of carbonyl (C=O) groups excluding carboxylic acids is 1. The van der Waals surface area contributed by atoms with Crippen LogP contribution in [0.1, 0.15) is 15.9 Å². The zero-order chi connectivity index (χ0) is 16.8. The summed E-state index contributed by atoms with van der Waals surface area (Å²) in [5.41, 5.74) is 8.50. The number of carbonyl (C=O) groups is 1. The molecule has 0 saturated carbocycles. The first kappa shape index (κ1) is 16.2. The second kappa shape index (κ2) is 7.23. The van der Waals surface area contributed by atoms with Crippen molar-refractivity contribution in [3.05, 3.63) is 53.6 Å². The van der Waals surface area contributed by atoms with Gasteiger partial charge in [0.15, 0.2) is 5.11 Å². The lowest BCUT2D eigenvalue weighted by molar-refractivity contribution is 0.102. The van der Waals surface area contributed by atoms with Gasteiger partial charge in [-0.15, -0.1) is 0 Å². The van der Waals surface area contributed by atoms with E-state index >= 15 is 0 Å². The number of hydrazone groups is 1. The number of hydrogen-bond donors (Lipinski definition) is 5. The number of phenols is 2. The van der Waals surface area contributed by atoms with Crippen LogP contribution in [0.15, 0.2) is 47.6 Å². The molecule has 0 aromatic heterocycles. The number of anilines is 1. The fraction of sp³-hybridized carbons (Fsp3) is 0. The second-order valence-corrected chi connectivity index (χ2v) is 4.92. The molecule has 118 valence electrons. The normalized spacial score (nSPS) is 10.4. The summed E-state index contributed by atoms with van der Waals surface area (Å²) in [7, 11) is 0. The van der Waals surface area contributed by atoms with Gasteiger partial charge in [0.25, 0.3) is 5.91 Å². The second-order valence-electron chi connectivity index (χ2n) is 4.48. The first-order valence-corrected chi connectivity index (χ1v) is 6.89. The molecule has 6 N–H and O–H groups in total. The van der Waals surface area contributed by atoms with Crippen LogP contribution in [0.4, 0.5) is 5.69 Å². The lowest BCUT2D eigenvalue weighted by atomic mass is 10.1. The van der Waals surface area contributed by atoms with Crippen molar-refractivity contribution in [2.75, 3.05) is 5.32 Å². The minimum atomic E-state index is -0.487. The topological polar surface area (TPSA) is 120 Å². The Morgan fingerprint density at radius 1 is 1.17 bits per heavy atom. The molecule has 0 saturated heterocycles. The predicted octanol–water partition coefficient (Wildman–Crippen LogP) is 1.52. The molecule has 0 aliphatic heterocycles.